The maximum absolute atomic E-state index is 13.8. The number of ketones is 1. The highest BCUT2D eigenvalue weighted by Crippen LogP contribution is 2.34. The summed E-state index contributed by atoms with van der Waals surface area (Å²) in [6, 6.07) is 4.67. The molecule has 5 atom stereocenters. The van der Waals surface area contributed by atoms with E-state index >= 15 is 0 Å². The van der Waals surface area contributed by atoms with Crippen LogP contribution in [0.2, 0.25) is 0 Å². The lowest BCUT2D eigenvalue weighted by atomic mass is 9.97. The Morgan fingerprint density at radius 3 is 2.12 bits per heavy atom. The first-order valence-corrected chi connectivity index (χ1v) is 17.5. The van der Waals surface area contributed by atoms with Gasteiger partial charge in [-0.3, -0.25) is 28.8 Å². The van der Waals surface area contributed by atoms with Gasteiger partial charge < -0.3 is 35.8 Å². The van der Waals surface area contributed by atoms with E-state index in [1.807, 2.05) is 13.8 Å². The predicted octanol–water partition coefficient (Wildman–Crippen LogP) is 2.72. The Bertz CT molecular complexity index is 1400. The molecule has 14 nitrogen and oxygen atoms in total. The van der Waals surface area contributed by atoms with Crippen LogP contribution in [0.3, 0.4) is 0 Å². The van der Waals surface area contributed by atoms with Gasteiger partial charge in [-0.25, -0.2) is 13.6 Å². The van der Waals surface area contributed by atoms with E-state index in [2.05, 4.69) is 21.3 Å². The number of amides is 6. The van der Waals surface area contributed by atoms with Gasteiger partial charge in [0.25, 0.3) is 5.91 Å². The van der Waals surface area contributed by atoms with Crippen LogP contribution >= 0.6 is 0 Å². The monoisotopic (exact) mass is 736 g/mol. The number of hydrogen-bond acceptors (Lipinski definition) is 8. The maximum atomic E-state index is 13.8. The number of ether oxygens (including phenoxy) is 1. The minimum absolute atomic E-state index is 0.156. The van der Waals surface area contributed by atoms with Crippen molar-refractivity contribution in [2.45, 2.75) is 103 Å². The first-order chi connectivity index (χ1) is 24.4. The van der Waals surface area contributed by atoms with E-state index in [-0.39, 0.29) is 30.7 Å². The number of nitrogens with one attached hydrogen (secondary N) is 4. The molecule has 2 aliphatic rings. The lowest BCUT2D eigenvalue weighted by Gasteiger charge is -2.32. The number of nitrogens with zero attached hydrogens (tertiary/aromatic N) is 2. The summed E-state index contributed by atoms with van der Waals surface area (Å²) in [6.45, 7) is 6.86. The Balaban J connectivity index is 0.00000301. The molecule has 16 heteroatoms. The molecule has 2 fully saturated rings. The smallest absolute Gasteiger partial charge is 0.408 e. The van der Waals surface area contributed by atoms with Crippen molar-refractivity contribution in [3.05, 3.63) is 35.9 Å². The third-order valence-electron chi connectivity index (χ3n) is 8.65. The van der Waals surface area contributed by atoms with Gasteiger partial charge in [-0.2, -0.15) is 0 Å². The molecule has 3 rings (SSSR count). The average molecular weight is 737 g/mol. The molecule has 1 heterocycles. The minimum atomic E-state index is -1.75. The minimum Gasteiger partial charge on any atom is -0.444 e. The molecule has 1 aromatic rings. The highest BCUT2D eigenvalue weighted by atomic mass is 19.3. The third-order valence-corrected chi connectivity index (χ3v) is 8.65. The maximum Gasteiger partial charge on any atom is 0.408 e. The SMILES string of the molecule is CCC(C)C(NC(=O)OC(C)(C)C)C(=O)N1CCCC1C(=O)NC(CC1CC1)C(=O)C(=O)NCC(=O)NC(C(=O)N(C)C)c1ccccc1.FCF. The summed E-state index contributed by atoms with van der Waals surface area (Å²) < 4.78 is 24.6. The first kappa shape index (κ1) is 43.5. The van der Waals surface area contributed by atoms with Crippen LogP contribution in [0.15, 0.2) is 30.3 Å². The molecule has 0 bridgehead atoms. The molecule has 1 aliphatic carbocycles. The summed E-state index contributed by atoms with van der Waals surface area (Å²) in [5.74, 6) is -4.09. The van der Waals surface area contributed by atoms with Crippen LogP contribution in [-0.4, -0.2) is 109 Å². The second-order valence-corrected chi connectivity index (χ2v) is 14.2. The van der Waals surface area contributed by atoms with Gasteiger partial charge in [0, 0.05) is 20.6 Å². The molecule has 1 saturated heterocycles. The van der Waals surface area contributed by atoms with Crippen molar-refractivity contribution in [2.75, 3.05) is 34.1 Å². The number of Topliss-reactive ketones (excluding diaryl/α,β-unsaturated/α-hetero) is 1. The lowest BCUT2D eigenvalue weighted by Crippen LogP contribution is -2.58. The van der Waals surface area contributed by atoms with E-state index in [0.29, 0.717) is 24.8 Å². The Labute approximate surface area is 304 Å². The predicted molar refractivity (Wildman–Crippen MR) is 188 cm³/mol. The summed E-state index contributed by atoms with van der Waals surface area (Å²) in [5, 5.41) is 10.3. The number of alkyl halides is 2. The number of likely N-dealkylation sites (tertiary alicyclic amines) is 1. The number of rotatable bonds is 15. The van der Waals surface area contributed by atoms with Crippen molar-refractivity contribution in [3.8, 4) is 0 Å². The van der Waals surface area contributed by atoms with Crippen molar-refractivity contribution in [1.29, 1.82) is 0 Å². The third kappa shape index (κ3) is 13.8. The molecular formula is C36H54F2N6O8. The van der Waals surface area contributed by atoms with Crippen molar-refractivity contribution in [2.24, 2.45) is 11.8 Å². The van der Waals surface area contributed by atoms with Gasteiger partial charge in [-0.1, -0.05) is 63.4 Å². The summed E-state index contributed by atoms with van der Waals surface area (Å²) in [4.78, 5) is 94.6. The number of alkyl carbamates (subject to hydrolysis) is 1. The quantitative estimate of drug-likeness (QED) is 0.198. The number of likely N-dealkylation sites (N-methyl/N-ethyl adjacent to an activating group) is 1. The van der Waals surface area contributed by atoms with Crippen LogP contribution in [0.1, 0.15) is 84.7 Å². The number of hydrogen-bond donors (Lipinski definition) is 4. The summed E-state index contributed by atoms with van der Waals surface area (Å²) in [6.07, 6.45) is 2.69. The molecule has 0 radical (unpaired) electrons. The summed E-state index contributed by atoms with van der Waals surface area (Å²) in [5.41, 5.74) is -0.210. The number of halogens is 2. The fourth-order valence-corrected chi connectivity index (χ4v) is 5.59. The van der Waals surface area contributed by atoms with E-state index in [1.54, 1.807) is 65.2 Å². The van der Waals surface area contributed by atoms with Crippen LogP contribution in [0.4, 0.5) is 13.6 Å². The Hall–Kier alpha value is -4.63. The van der Waals surface area contributed by atoms with Crippen molar-refractivity contribution < 1.29 is 47.1 Å². The van der Waals surface area contributed by atoms with Crippen molar-refractivity contribution >= 4 is 41.4 Å². The summed E-state index contributed by atoms with van der Waals surface area (Å²) >= 11 is 0. The summed E-state index contributed by atoms with van der Waals surface area (Å²) in [7, 11) is 3.12. The van der Waals surface area contributed by atoms with Gasteiger partial charge in [0.05, 0.1) is 12.6 Å². The second kappa shape index (κ2) is 20.4. The largest absolute Gasteiger partial charge is 0.444 e. The van der Waals surface area contributed by atoms with Gasteiger partial charge in [0.15, 0.2) is 0 Å². The highest BCUT2D eigenvalue weighted by Gasteiger charge is 2.42. The van der Waals surface area contributed by atoms with Crippen LogP contribution in [0.25, 0.3) is 0 Å². The fourth-order valence-electron chi connectivity index (χ4n) is 5.59. The van der Waals surface area contributed by atoms with Crippen LogP contribution in [0, 0.1) is 11.8 Å². The molecule has 1 saturated carbocycles. The van der Waals surface area contributed by atoms with E-state index in [4.69, 9.17) is 4.74 Å². The van der Waals surface area contributed by atoms with Gasteiger partial charge in [-0.15, -0.1) is 0 Å². The molecule has 0 spiro atoms. The molecule has 6 amide bonds. The Kier molecular flexibility index (Phi) is 17.1. The van der Waals surface area contributed by atoms with Crippen LogP contribution in [-0.2, 0) is 33.5 Å². The van der Waals surface area contributed by atoms with Crippen molar-refractivity contribution in [1.82, 2.24) is 31.1 Å². The normalized spacial score (nSPS) is 17.6. The van der Waals surface area contributed by atoms with E-state index in [1.165, 1.54) is 9.80 Å². The Morgan fingerprint density at radius 2 is 1.58 bits per heavy atom. The molecule has 1 aromatic carbocycles. The molecule has 52 heavy (non-hydrogen) atoms. The standard InChI is InChI=1S/C35H52N6O8.CH2F2/c1-8-21(2)27(39-34(48)49-35(3,4)5)33(47)41-18-12-15-25(41)30(44)37-24(19-22-16-17-22)29(43)31(45)36-20-26(42)38-28(32(46)40(6)7)23-13-10-9-11-14-23;2-1-3/h9-11,13-14,21-22,24-25,27-28H,8,12,15-20H2,1-7H3,(H,36,45)(H,37,44)(H,38,42)(H,39,48);1H2. The number of benzene rings is 1. The van der Waals surface area contributed by atoms with Gasteiger partial charge >= 0.3 is 6.09 Å². The van der Waals surface area contributed by atoms with Crippen LogP contribution in [0.5, 0.6) is 0 Å². The van der Waals surface area contributed by atoms with Crippen LogP contribution < -0.4 is 21.3 Å². The second-order valence-electron chi connectivity index (χ2n) is 14.2. The molecule has 290 valence electrons. The average Bonchev–Trinajstić information content (AvgIpc) is 3.77. The highest BCUT2D eigenvalue weighted by molar-refractivity contribution is 6.38. The topological polar surface area (TPSA) is 183 Å². The van der Waals surface area contributed by atoms with E-state index < -0.39 is 78.7 Å². The zero-order valence-corrected chi connectivity index (χ0v) is 31.1. The van der Waals surface area contributed by atoms with Crippen molar-refractivity contribution in [3.63, 3.8) is 0 Å². The van der Waals surface area contributed by atoms with Gasteiger partial charge in [-0.05, 0) is 57.4 Å². The fraction of sp³-hybridized carbons (Fsp3) is 0.639. The van der Waals surface area contributed by atoms with Gasteiger partial charge in [0.2, 0.25) is 36.3 Å². The lowest BCUT2D eigenvalue weighted by molar-refractivity contribution is -0.143. The van der Waals surface area contributed by atoms with Gasteiger partial charge in [0.1, 0.15) is 23.7 Å². The molecule has 5 unspecified atom stereocenters. The molecule has 4 N–H and O–H groups in total. The molecule has 0 aromatic heterocycles. The Morgan fingerprint density at radius 1 is 0.962 bits per heavy atom. The zero-order chi connectivity index (χ0) is 39.2. The zero-order valence-electron chi connectivity index (χ0n) is 31.1. The first-order valence-electron chi connectivity index (χ1n) is 17.5. The van der Waals surface area contributed by atoms with E-state index in [9.17, 15) is 42.3 Å². The number of carbonyl (C=O) groups is 7. The molecular weight excluding hydrogens is 682 g/mol. The molecule has 1 aliphatic heterocycles. The van der Waals surface area contributed by atoms with E-state index in [0.717, 1.165) is 12.8 Å². The number of carbonyl (C=O) groups excluding carboxylic acids is 7.